The van der Waals surface area contributed by atoms with E-state index in [-0.39, 0.29) is 16.7 Å². The minimum atomic E-state index is -1.22. The monoisotopic (exact) mass is 517 g/mol. The molecule has 2 saturated heterocycles. The summed E-state index contributed by atoms with van der Waals surface area (Å²) < 4.78 is 49.5. The summed E-state index contributed by atoms with van der Waals surface area (Å²) in [5, 5.41) is 0. The van der Waals surface area contributed by atoms with Crippen LogP contribution in [0.2, 0.25) is 0 Å². The third-order valence-corrected chi connectivity index (χ3v) is 7.09. The van der Waals surface area contributed by atoms with E-state index < -0.39 is 35.2 Å². The SMILES string of the molecule is CC(C)(F)CN1CCC(COc2ccc(-c3ccc(C(=O)N4CCC[C@H]4C(N)=O)c(F)c3)c(F)c2)CC1. The zero-order valence-electron chi connectivity index (χ0n) is 21.3. The Morgan fingerprint density at radius 2 is 1.76 bits per heavy atom. The highest BCUT2D eigenvalue weighted by molar-refractivity contribution is 5.98. The molecule has 200 valence electrons. The molecule has 0 radical (unpaired) electrons. The molecular formula is C28H34F3N3O3. The van der Waals surface area contributed by atoms with Gasteiger partial charge < -0.3 is 20.3 Å². The predicted molar refractivity (Wildman–Crippen MR) is 135 cm³/mol. The Labute approximate surface area is 215 Å². The van der Waals surface area contributed by atoms with Gasteiger partial charge in [0.1, 0.15) is 29.1 Å². The summed E-state index contributed by atoms with van der Waals surface area (Å²) in [6, 6.07) is 7.60. The van der Waals surface area contributed by atoms with Crippen LogP contribution in [-0.4, -0.2) is 66.1 Å². The molecule has 2 amide bonds. The highest BCUT2D eigenvalue weighted by atomic mass is 19.1. The number of halogens is 3. The fraction of sp³-hybridized carbons (Fsp3) is 0.500. The largest absolute Gasteiger partial charge is 0.493 e. The second-order valence-corrected chi connectivity index (χ2v) is 10.6. The van der Waals surface area contributed by atoms with E-state index in [0.29, 0.717) is 44.2 Å². The number of primary amides is 1. The normalized spacial score (nSPS) is 19.3. The van der Waals surface area contributed by atoms with Crippen molar-refractivity contribution < 1.29 is 27.5 Å². The van der Waals surface area contributed by atoms with Crippen LogP contribution in [0.4, 0.5) is 13.2 Å². The number of rotatable bonds is 8. The van der Waals surface area contributed by atoms with E-state index >= 15 is 0 Å². The second kappa shape index (κ2) is 11.1. The Morgan fingerprint density at radius 3 is 2.38 bits per heavy atom. The molecule has 2 N–H and O–H groups in total. The van der Waals surface area contributed by atoms with Gasteiger partial charge >= 0.3 is 0 Å². The Balaban J connectivity index is 1.37. The molecule has 0 saturated carbocycles. The zero-order chi connectivity index (χ0) is 26.7. The number of carbonyl (C=O) groups is 2. The van der Waals surface area contributed by atoms with Gasteiger partial charge in [-0.15, -0.1) is 0 Å². The topological polar surface area (TPSA) is 75.9 Å². The third kappa shape index (κ3) is 6.63. The van der Waals surface area contributed by atoms with Gasteiger partial charge in [0.05, 0.1) is 12.2 Å². The highest BCUT2D eigenvalue weighted by Crippen LogP contribution is 2.30. The van der Waals surface area contributed by atoms with E-state index in [0.717, 1.165) is 32.0 Å². The first kappa shape index (κ1) is 27.0. The number of nitrogens with zero attached hydrogens (tertiary/aromatic N) is 2. The lowest BCUT2D eigenvalue weighted by Crippen LogP contribution is -2.43. The Hall–Kier alpha value is -3.07. The second-order valence-electron chi connectivity index (χ2n) is 10.6. The Bertz CT molecular complexity index is 1140. The van der Waals surface area contributed by atoms with Gasteiger partial charge in [-0.1, -0.05) is 6.07 Å². The molecule has 2 fully saturated rings. The summed E-state index contributed by atoms with van der Waals surface area (Å²) in [4.78, 5) is 27.8. The van der Waals surface area contributed by atoms with E-state index in [2.05, 4.69) is 4.90 Å². The van der Waals surface area contributed by atoms with Crippen molar-refractivity contribution in [2.24, 2.45) is 11.7 Å². The van der Waals surface area contributed by atoms with Crippen molar-refractivity contribution in [3.8, 4) is 16.9 Å². The zero-order valence-corrected chi connectivity index (χ0v) is 21.3. The lowest BCUT2D eigenvalue weighted by Gasteiger charge is -2.34. The summed E-state index contributed by atoms with van der Waals surface area (Å²) >= 11 is 0. The number of hydrogen-bond acceptors (Lipinski definition) is 4. The first-order chi connectivity index (χ1) is 17.5. The van der Waals surface area contributed by atoms with Crippen LogP contribution in [-0.2, 0) is 4.79 Å². The number of benzene rings is 2. The molecule has 2 heterocycles. The number of amides is 2. The number of alkyl halides is 1. The standard InChI is InChI=1S/C28H34F3N3O3/c1-28(2,31)17-33-12-9-18(10-13-33)16-37-20-6-8-21(24(30)15-20)19-5-7-22(23(29)14-19)27(36)34-11-3-4-25(34)26(32)35/h5-8,14-15,18,25H,3-4,9-13,16-17H2,1-2H3,(H2,32,35)/t25-/m0/s1. The molecule has 4 rings (SSSR count). The molecule has 1 atom stereocenters. The van der Waals surface area contributed by atoms with Gasteiger partial charge in [0, 0.05) is 24.7 Å². The van der Waals surface area contributed by atoms with Gasteiger partial charge in [-0.3, -0.25) is 9.59 Å². The van der Waals surface area contributed by atoms with Crippen LogP contribution in [0, 0.1) is 17.6 Å². The molecule has 6 nitrogen and oxygen atoms in total. The molecule has 0 aliphatic carbocycles. The number of nitrogens with two attached hydrogens (primary N) is 1. The first-order valence-corrected chi connectivity index (χ1v) is 12.8. The summed E-state index contributed by atoms with van der Waals surface area (Å²) in [6.07, 6.45) is 2.85. The summed E-state index contributed by atoms with van der Waals surface area (Å²) in [6.45, 7) is 5.96. The number of ether oxygens (including phenoxy) is 1. The summed E-state index contributed by atoms with van der Waals surface area (Å²) in [5.74, 6) is -1.88. The fourth-order valence-corrected chi connectivity index (χ4v) is 5.19. The minimum Gasteiger partial charge on any atom is -0.493 e. The maximum atomic E-state index is 14.9. The third-order valence-electron chi connectivity index (χ3n) is 7.09. The lowest BCUT2D eigenvalue weighted by atomic mass is 9.97. The van der Waals surface area contributed by atoms with Crippen LogP contribution < -0.4 is 10.5 Å². The van der Waals surface area contributed by atoms with Gasteiger partial charge in [-0.05, 0) is 88.4 Å². The van der Waals surface area contributed by atoms with Crippen LogP contribution >= 0.6 is 0 Å². The van der Waals surface area contributed by atoms with Crippen LogP contribution in [0.5, 0.6) is 5.75 Å². The first-order valence-electron chi connectivity index (χ1n) is 12.8. The Morgan fingerprint density at radius 1 is 1.03 bits per heavy atom. The number of likely N-dealkylation sites (tertiary alicyclic amines) is 2. The molecule has 37 heavy (non-hydrogen) atoms. The average molecular weight is 518 g/mol. The molecular weight excluding hydrogens is 483 g/mol. The van der Waals surface area contributed by atoms with E-state index in [1.165, 1.54) is 29.2 Å². The van der Waals surface area contributed by atoms with Crippen LogP contribution in [0.25, 0.3) is 11.1 Å². The van der Waals surface area contributed by atoms with Crippen LogP contribution in [0.3, 0.4) is 0 Å². The van der Waals surface area contributed by atoms with Crippen molar-refractivity contribution in [3.05, 3.63) is 53.6 Å². The van der Waals surface area contributed by atoms with Gasteiger partial charge in [-0.25, -0.2) is 13.2 Å². The highest BCUT2D eigenvalue weighted by Gasteiger charge is 2.34. The van der Waals surface area contributed by atoms with Crippen molar-refractivity contribution in [2.45, 2.75) is 51.2 Å². The molecule has 2 aliphatic heterocycles. The quantitative estimate of drug-likeness (QED) is 0.557. The van der Waals surface area contributed by atoms with Crippen molar-refractivity contribution in [1.82, 2.24) is 9.80 Å². The summed E-state index contributed by atoms with van der Waals surface area (Å²) in [7, 11) is 0. The molecule has 0 aromatic heterocycles. The minimum absolute atomic E-state index is 0.182. The van der Waals surface area contributed by atoms with Crippen LogP contribution in [0.15, 0.2) is 36.4 Å². The average Bonchev–Trinajstić information content (AvgIpc) is 3.33. The van der Waals surface area contributed by atoms with Crippen molar-refractivity contribution in [1.29, 1.82) is 0 Å². The van der Waals surface area contributed by atoms with Gasteiger partial charge in [0.2, 0.25) is 5.91 Å². The molecule has 2 aromatic rings. The smallest absolute Gasteiger partial charge is 0.257 e. The number of hydrogen-bond donors (Lipinski definition) is 1. The lowest BCUT2D eigenvalue weighted by molar-refractivity contribution is -0.121. The molecule has 0 unspecified atom stereocenters. The molecule has 2 aliphatic rings. The Kier molecular flexibility index (Phi) is 8.11. The maximum Gasteiger partial charge on any atom is 0.257 e. The van der Waals surface area contributed by atoms with Crippen molar-refractivity contribution in [2.75, 3.05) is 32.8 Å². The van der Waals surface area contributed by atoms with Gasteiger partial charge in [0.15, 0.2) is 0 Å². The van der Waals surface area contributed by atoms with Crippen LogP contribution in [0.1, 0.15) is 49.9 Å². The van der Waals surface area contributed by atoms with E-state index in [4.69, 9.17) is 10.5 Å². The fourth-order valence-electron chi connectivity index (χ4n) is 5.19. The van der Waals surface area contributed by atoms with Crippen molar-refractivity contribution >= 4 is 11.8 Å². The predicted octanol–water partition coefficient (Wildman–Crippen LogP) is 4.56. The number of carbonyl (C=O) groups excluding carboxylic acids is 2. The molecule has 0 bridgehead atoms. The van der Waals surface area contributed by atoms with Crippen molar-refractivity contribution in [3.63, 3.8) is 0 Å². The molecule has 0 spiro atoms. The summed E-state index contributed by atoms with van der Waals surface area (Å²) in [5.41, 5.74) is 4.44. The molecule has 2 aromatic carbocycles. The van der Waals surface area contributed by atoms with E-state index in [1.54, 1.807) is 19.9 Å². The van der Waals surface area contributed by atoms with E-state index in [1.807, 2.05) is 0 Å². The van der Waals surface area contributed by atoms with E-state index in [9.17, 15) is 22.8 Å². The van der Waals surface area contributed by atoms with Gasteiger partial charge in [-0.2, -0.15) is 0 Å². The molecule has 9 heteroatoms. The number of piperidine rings is 1. The maximum absolute atomic E-state index is 14.9. The van der Waals surface area contributed by atoms with Gasteiger partial charge in [0.25, 0.3) is 5.91 Å².